The predicted molar refractivity (Wildman–Crippen MR) is 117 cm³/mol. The number of hydrogen-bond acceptors (Lipinski definition) is 4. The van der Waals surface area contributed by atoms with Gasteiger partial charge in [-0.15, -0.1) is 0 Å². The molecule has 0 bridgehead atoms. The molecular formula is C23H22ClN3O2. The molecule has 1 amide bonds. The minimum atomic E-state index is -0.296. The lowest BCUT2D eigenvalue weighted by atomic mass is 10.0. The SMILES string of the molecule is CC.Cc1nc2cc(C)c(-c3ccc(NC(=O)c4ccccc4Cl)nc3)cc2o1. The Hall–Kier alpha value is -3.18. The minimum absolute atomic E-state index is 0.296. The molecular weight excluding hydrogens is 386 g/mol. The number of hydrogen-bond donors (Lipinski definition) is 1. The van der Waals surface area contributed by atoms with Gasteiger partial charge in [-0.25, -0.2) is 9.97 Å². The van der Waals surface area contributed by atoms with Gasteiger partial charge in [0.15, 0.2) is 11.5 Å². The number of nitrogens with one attached hydrogen (secondary N) is 1. The molecule has 0 saturated carbocycles. The van der Waals surface area contributed by atoms with Crippen molar-refractivity contribution in [3.8, 4) is 11.1 Å². The fourth-order valence-electron chi connectivity index (χ4n) is 2.96. The number of rotatable bonds is 3. The van der Waals surface area contributed by atoms with Gasteiger partial charge in [-0.3, -0.25) is 4.79 Å². The van der Waals surface area contributed by atoms with Crippen molar-refractivity contribution in [1.29, 1.82) is 0 Å². The molecule has 1 N–H and O–H groups in total. The van der Waals surface area contributed by atoms with E-state index in [1.165, 1.54) is 0 Å². The van der Waals surface area contributed by atoms with Gasteiger partial charge in [-0.05, 0) is 54.4 Å². The Morgan fingerprint density at radius 2 is 1.83 bits per heavy atom. The van der Waals surface area contributed by atoms with E-state index in [0.717, 1.165) is 27.8 Å². The normalized spacial score (nSPS) is 10.4. The number of aryl methyl sites for hydroxylation is 2. The van der Waals surface area contributed by atoms with E-state index >= 15 is 0 Å². The summed E-state index contributed by atoms with van der Waals surface area (Å²) in [6.45, 7) is 7.85. The van der Waals surface area contributed by atoms with Crippen LogP contribution >= 0.6 is 11.6 Å². The highest BCUT2D eigenvalue weighted by Gasteiger charge is 2.12. The molecule has 4 aromatic rings. The topological polar surface area (TPSA) is 68.0 Å². The Kier molecular flexibility index (Phi) is 6.29. The average Bonchev–Trinajstić information content (AvgIpc) is 3.08. The van der Waals surface area contributed by atoms with E-state index in [4.69, 9.17) is 16.0 Å². The van der Waals surface area contributed by atoms with Crippen molar-refractivity contribution in [1.82, 2.24) is 9.97 Å². The average molecular weight is 408 g/mol. The van der Waals surface area contributed by atoms with Gasteiger partial charge in [-0.2, -0.15) is 0 Å². The van der Waals surface area contributed by atoms with E-state index in [-0.39, 0.29) is 5.91 Å². The second-order valence-electron chi connectivity index (χ2n) is 6.23. The Bertz CT molecular complexity index is 1150. The van der Waals surface area contributed by atoms with Gasteiger partial charge in [0.1, 0.15) is 11.3 Å². The first kappa shape index (κ1) is 20.6. The second kappa shape index (κ2) is 8.88. The second-order valence-corrected chi connectivity index (χ2v) is 6.64. The Balaban J connectivity index is 0.00000117. The molecule has 0 atom stereocenters. The fourth-order valence-corrected chi connectivity index (χ4v) is 3.18. The van der Waals surface area contributed by atoms with Crippen LogP contribution in [0.1, 0.15) is 35.7 Å². The van der Waals surface area contributed by atoms with Gasteiger partial charge in [0.25, 0.3) is 5.91 Å². The quantitative estimate of drug-likeness (QED) is 0.424. The molecule has 0 fully saturated rings. The zero-order valence-corrected chi connectivity index (χ0v) is 17.5. The summed E-state index contributed by atoms with van der Waals surface area (Å²) in [5, 5.41) is 3.16. The van der Waals surface area contributed by atoms with E-state index in [9.17, 15) is 4.79 Å². The molecule has 2 aromatic carbocycles. The van der Waals surface area contributed by atoms with E-state index in [1.54, 1.807) is 36.5 Å². The highest BCUT2D eigenvalue weighted by atomic mass is 35.5. The van der Waals surface area contributed by atoms with Crippen molar-refractivity contribution in [2.45, 2.75) is 27.7 Å². The molecule has 148 valence electrons. The molecule has 0 aliphatic rings. The molecule has 0 aliphatic carbocycles. The molecule has 0 aliphatic heterocycles. The van der Waals surface area contributed by atoms with Gasteiger partial charge < -0.3 is 9.73 Å². The molecule has 2 heterocycles. The van der Waals surface area contributed by atoms with Gasteiger partial charge in [-0.1, -0.05) is 37.6 Å². The van der Waals surface area contributed by atoms with Crippen LogP contribution in [0.2, 0.25) is 5.02 Å². The Labute approximate surface area is 174 Å². The van der Waals surface area contributed by atoms with Gasteiger partial charge in [0.2, 0.25) is 0 Å². The number of halogens is 1. The van der Waals surface area contributed by atoms with Crippen molar-refractivity contribution < 1.29 is 9.21 Å². The lowest BCUT2D eigenvalue weighted by molar-refractivity contribution is 0.102. The van der Waals surface area contributed by atoms with Gasteiger partial charge in [0.05, 0.1) is 10.6 Å². The maximum atomic E-state index is 12.3. The summed E-state index contributed by atoms with van der Waals surface area (Å²) < 4.78 is 5.62. The van der Waals surface area contributed by atoms with Gasteiger partial charge in [0, 0.05) is 18.7 Å². The van der Waals surface area contributed by atoms with Crippen LogP contribution in [0.4, 0.5) is 5.82 Å². The van der Waals surface area contributed by atoms with E-state index < -0.39 is 0 Å². The highest BCUT2D eigenvalue weighted by molar-refractivity contribution is 6.34. The largest absolute Gasteiger partial charge is 0.441 e. The first-order valence-corrected chi connectivity index (χ1v) is 9.79. The van der Waals surface area contributed by atoms with Crippen LogP contribution in [0.5, 0.6) is 0 Å². The van der Waals surface area contributed by atoms with Crippen molar-refractivity contribution in [3.63, 3.8) is 0 Å². The summed E-state index contributed by atoms with van der Waals surface area (Å²) in [5.74, 6) is 0.797. The van der Waals surface area contributed by atoms with Crippen LogP contribution in [-0.4, -0.2) is 15.9 Å². The summed E-state index contributed by atoms with van der Waals surface area (Å²) in [4.78, 5) is 21.0. The summed E-state index contributed by atoms with van der Waals surface area (Å²) in [6, 6.07) is 14.5. The summed E-state index contributed by atoms with van der Waals surface area (Å²) in [6.07, 6.45) is 1.72. The number of oxazole rings is 1. The van der Waals surface area contributed by atoms with Crippen molar-refractivity contribution in [3.05, 3.63) is 76.8 Å². The number of carbonyl (C=O) groups is 1. The smallest absolute Gasteiger partial charge is 0.258 e. The summed E-state index contributed by atoms with van der Waals surface area (Å²) in [7, 11) is 0. The monoisotopic (exact) mass is 407 g/mol. The highest BCUT2D eigenvalue weighted by Crippen LogP contribution is 2.29. The third-order valence-corrected chi connectivity index (χ3v) is 4.61. The number of carbonyl (C=O) groups excluding carboxylic acids is 1. The number of nitrogens with zero attached hydrogens (tertiary/aromatic N) is 2. The standard InChI is InChI=1S/C21H16ClN3O2.C2H6/c1-12-9-18-19(27-13(2)24-18)10-16(12)14-7-8-20(23-11-14)25-21(26)15-5-3-4-6-17(15)22;1-2/h3-11H,1-2H3,(H,23,25,26);1-2H3. The maximum absolute atomic E-state index is 12.3. The van der Waals surface area contributed by atoms with Crippen LogP contribution < -0.4 is 5.32 Å². The summed E-state index contributed by atoms with van der Waals surface area (Å²) in [5.41, 5.74) is 5.00. The molecule has 0 unspecified atom stereocenters. The van der Waals surface area contributed by atoms with E-state index in [0.29, 0.717) is 22.3 Å². The molecule has 0 spiro atoms. The van der Waals surface area contributed by atoms with Crippen molar-refractivity contribution >= 4 is 34.4 Å². The predicted octanol–water partition coefficient (Wildman–Crippen LogP) is 6.44. The number of pyridine rings is 1. The lowest BCUT2D eigenvalue weighted by Gasteiger charge is -2.08. The Morgan fingerprint density at radius 3 is 2.52 bits per heavy atom. The number of fused-ring (bicyclic) bond motifs is 1. The maximum Gasteiger partial charge on any atom is 0.258 e. The number of aromatic nitrogens is 2. The van der Waals surface area contributed by atoms with Crippen LogP contribution in [0.15, 0.2) is 59.1 Å². The van der Waals surface area contributed by atoms with Crippen molar-refractivity contribution in [2.24, 2.45) is 0 Å². The third kappa shape index (κ3) is 4.46. The zero-order valence-electron chi connectivity index (χ0n) is 16.8. The number of amides is 1. The molecule has 0 radical (unpaired) electrons. The van der Waals surface area contributed by atoms with E-state index in [2.05, 4.69) is 15.3 Å². The molecule has 5 nitrogen and oxygen atoms in total. The number of anilines is 1. The first-order chi connectivity index (χ1) is 14.0. The van der Waals surface area contributed by atoms with Crippen LogP contribution in [0, 0.1) is 13.8 Å². The molecule has 0 saturated heterocycles. The number of benzene rings is 2. The lowest BCUT2D eigenvalue weighted by Crippen LogP contribution is -2.13. The molecule has 2 aromatic heterocycles. The minimum Gasteiger partial charge on any atom is -0.441 e. The van der Waals surface area contributed by atoms with E-state index in [1.807, 2.05) is 45.9 Å². The summed E-state index contributed by atoms with van der Waals surface area (Å²) >= 11 is 6.06. The van der Waals surface area contributed by atoms with Crippen molar-refractivity contribution in [2.75, 3.05) is 5.32 Å². The third-order valence-electron chi connectivity index (χ3n) is 4.28. The van der Waals surface area contributed by atoms with Crippen LogP contribution in [-0.2, 0) is 0 Å². The fraction of sp³-hybridized carbons (Fsp3) is 0.174. The molecule has 6 heteroatoms. The van der Waals surface area contributed by atoms with Crippen LogP contribution in [0.3, 0.4) is 0 Å². The zero-order chi connectivity index (χ0) is 21.0. The first-order valence-electron chi connectivity index (χ1n) is 9.41. The van der Waals surface area contributed by atoms with Crippen LogP contribution in [0.25, 0.3) is 22.2 Å². The molecule has 29 heavy (non-hydrogen) atoms. The Morgan fingerprint density at radius 1 is 1.07 bits per heavy atom. The molecule has 4 rings (SSSR count). The van der Waals surface area contributed by atoms with Gasteiger partial charge >= 0.3 is 0 Å².